The van der Waals surface area contributed by atoms with Crippen molar-refractivity contribution in [2.24, 2.45) is 4.99 Å². The molecular formula is C12H11N5O3S2. The van der Waals surface area contributed by atoms with E-state index in [1.54, 1.807) is 24.3 Å². The van der Waals surface area contributed by atoms with Gasteiger partial charge in [-0.25, -0.2) is 12.6 Å². The zero-order valence-electron chi connectivity index (χ0n) is 11.2. The Morgan fingerprint density at radius 1 is 1.18 bits per heavy atom. The van der Waals surface area contributed by atoms with Crippen molar-refractivity contribution in [3.05, 3.63) is 41.4 Å². The highest BCUT2D eigenvalue weighted by Crippen LogP contribution is 2.17. The van der Waals surface area contributed by atoms with Crippen LogP contribution in [0.2, 0.25) is 0 Å². The lowest BCUT2D eigenvalue weighted by molar-refractivity contribution is 0.579. The van der Waals surface area contributed by atoms with Crippen molar-refractivity contribution in [3.63, 3.8) is 0 Å². The van der Waals surface area contributed by atoms with E-state index in [0.29, 0.717) is 11.4 Å². The molecule has 0 amide bonds. The van der Waals surface area contributed by atoms with Crippen LogP contribution in [0, 0.1) is 0 Å². The second-order valence-corrected chi connectivity index (χ2v) is 7.56. The normalized spacial score (nSPS) is 17.6. The van der Waals surface area contributed by atoms with Gasteiger partial charge in [0.15, 0.2) is 0 Å². The molecule has 0 radical (unpaired) electrons. The van der Waals surface area contributed by atoms with Crippen LogP contribution in [0.4, 0.5) is 0 Å². The smallest absolute Gasteiger partial charge is 0.251 e. The molecule has 10 heteroatoms. The van der Waals surface area contributed by atoms with Crippen molar-refractivity contribution in [2.45, 2.75) is 11.6 Å². The van der Waals surface area contributed by atoms with Crippen molar-refractivity contribution in [3.8, 4) is 5.69 Å². The van der Waals surface area contributed by atoms with Gasteiger partial charge in [-0.15, -0.1) is 0 Å². The molecule has 0 aliphatic carbocycles. The Balaban J connectivity index is 1.85. The van der Waals surface area contributed by atoms with Gasteiger partial charge in [0.25, 0.3) is 5.16 Å². The fraction of sp³-hybridized carbons (Fsp3) is 0.167. The third-order valence-electron chi connectivity index (χ3n) is 2.92. The van der Waals surface area contributed by atoms with E-state index in [9.17, 15) is 12.6 Å². The van der Waals surface area contributed by atoms with Crippen LogP contribution >= 0.6 is 0 Å². The quantitative estimate of drug-likeness (QED) is 0.784. The van der Waals surface area contributed by atoms with E-state index >= 15 is 0 Å². The first-order chi connectivity index (χ1) is 10.6. The summed E-state index contributed by atoms with van der Waals surface area (Å²) < 4.78 is 37.1. The SMILES string of the molecule is O=S1C=NC(CCS(=O)(=O)c2nnnn2-c2ccccc2)=C1. The fourth-order valence-corrected chi connectivity index (χ4v) is 3.85. The molecule has 1 aromatic heterocycles. The van der Waals surface area contributed by atoms with Gasteiger partial charge in [0.05, 0.1) is 33.5 Å². The monoisotopic (exact) mass is 337 g/mol. The second-order valence-electron chi connectivity index (χ2n) is 4.45. The van der Waals surface area contributed by atoms with Crippen molar-refractivity contribution < 1.29 is 12.6 Å². The number of allylic oxidation sites excluding steroid dienone is 1. The highest BCUT2D eigenvalue weighted by atomic mass is 32.2. The van der Waals surface area contributed by atoms with Gasteiger partial charge in [-0.05, 0) is 22.6 Å². The van der Waals surface area contributed by atoms with Gasteiger partial charge in [-0.2, -0.15) is 4.68 Å². The van der Waals surface area contributed by atoms with Gasteiger partial charge in [0.2, 0.25) is 9.84 Å². The molecule has 0 fully saturated rings. The van der Waals surface area contributed by atoms with Crippen LogP contribution in [-0.4, -0.2) is 44.1 Å². The predicted molar refractivity (Wildman–Crippen MR) is 80.5 cm³/mol. The highest BCUT2D eigenvalue weighted by Gasteiger charge is 2.24. The molecule has 2 aromatic rings. The summed E-state index contributed by atoms with van der Waals surface area (Å²) in [4.78, 5) is 3.89. The molecule has 114 valence electrons. The maximum Gasteiger partial charge on any atom is 0.272 e. The third-order valence-corrected chi connectivity index (χ3v) is 5.29. The van der Waals surface area contributed by atoms with Crippen LogP contribution < -0.4 is 0 Å². The van der Waals surface area contributed by atoms with Gasteiger partial charge >= 0.3 is 0 Å². The van der Waals surface area contributed by atoms with E-state index in [2.05, 4.69) is 20.5 Å². The van der Waals surface area contributed by atoms with Gasteiger partial charge in [-0.1, -0.05) is 23.3 Å². The number of aliphatic imine (C=N–C) groups is 1. The molecule has 3 rings (SSSR count). The van der Waals surface area contributed by atoms with E-state index in [1.807, 2.05) is 6.07 Å². The molecule has 1 atom stereocenters. The first kappa shape index (κ1) is 14.7. The summed E-state index contributed by atoms with van der Waals surface area (Å²) >= 11 is 0. The first-order valence-corrected chi connectivity index (χ1v) is 9.20. The summed E-state index contributed by atoms with van der Waals surface area (Å²) in [5.41, 5.74) is 2.32. The molecule has 1 unspecified atom stereocenters. The number of aromatic nitrogens is 4. The number of sulfone groups is 1. The number of para-hydroxylation sites is 1. The molecule has 0 N–H and O–H groups in total. The molecule has 2 heterocycles. The van der Waals surface area contributed by atoms with Gasteiger partial charge in [-0.3, -0.25) is 4.99 Å². The number of benzene rings is 1. The molecular weight excluding hydrogens is 326 g/mol. The highest BCUT2D eigenvalue weighted by molar-refractivity contribution is 8.01. The lowest BCUT2D eigenvalue weighted by Gasteiger charge is -2.05. The predicted octanol–water partition coefficient (Wildman–Crippen LogP) is 0.458. The van der Waals surface area contributed by atoms with E-state index in [4.69, 9.17) is 0 Å². The number of nitrogens with zero attached hydrogens (tertiary/aromatic N) is 5. The number of rotatable bonds is 5. The van der Waals surface area contributed by atoms with E-state index < -0.39 is 20.6 Å². The van der Waals surface area contributed by atoms with E-state index in [1.165, 1.54) is 15.6 Å². The lowest BCUT2D eigenvalue weighted by Crippen LogP contribution is -2.14. The summed E-state index contributed by atoms with van der Waals surface area (Å²) in [5.74, 6) is -0.208. The van der Waals surface area contributed by atoms with Crippen LogP contribution in [0.1, 0.15) is 6.42 Å². The van der Waals surface area contributed by atoms with Gasteiger partial charge in [0.1, 0.15) is 0 Å². The second kappa shape index (κ2) is 5.89. The Morgan fingerprint density at radius 2 is 1.95 bits per heavy atom. The molecule has 22 heavy (non-hydrogen) atoms. The molecule has 1 aromatic carbocycles. The molecule has 0 bridgehead atoms. The summed E-state index contributed by atoms with van der Waals surface area (Å²) in [6.45, 7) is 0. The van der Waals surface area contributed by atoms with E-state index in [-0.39, 0.29) is 17.3 Å². The van der Waals surface area contributed by atoms with Crippen LogP contribution in [-0.2, 0) is 20.6 Å². The first-order valence-electron chi connectivity index (χ1n) is 6.27. The number of tetrazole rings is 1. The zero-order chi connectivity index (χ0) is 15.6. The minimum atomic E-state index is -3.69. The van der Waals surface area contributed by atoms with Crippen LogP contribution in [0.3, 0.4) is 0 Å². The molecule has 8 nitrogen and oxygen atoms in total. The Labute approximate surface area is 128 Å². The average Bonchev–Trinajstić information content (AvgIpc) is 3.15. The lowest BCUT2D eigenvalue weighted by atomic mass is 10.3. The zero-order valence-corrected chi connectivity index (χ0v) is 12.9. The van der Waals surface area contributed by atoms with Crippen molar-refractivity contribution >= 4 is 26.2 Å². The van der Waals surface area contributed by atoms with Gasteiger partial charge < -0.3 is 0 Å². The molecule has 0 saturated heterocycles. The summed E-state index contributed by atoms with van der Waals surface area (Å²) in [6.07, 6.45) is 0.159. The van der Waals surface area contributed by atoms with Crippen molar-refractivity contribution in [2.75, 3.05) is 5.75 Å². The third kappa shape index (κ3) is 3.02. The fourth-order valence-electron chi connectivity index (χ4n) is 1.87. The Morgan fingerprint density at radius 3 is 2.64 bits per heavy atom. The van der Waals surface area contributed by atoms with Crippen LogP contribution in [0.25, 0.3) is 5.69 Å². The largest absolute Gasteiger partial charge is 0.272 e. The van der Waals surface area contributed by atoms with E-state index in [0.717, 1.165) is 0 Å². The maximum atomic E-state index is 12.4. The minimum absolute atomic E-state index is 0.159. The Kier molecular flexibility index (Phi) is 3.94. The Hall–Kier alpha value is -2.20. The number of hydrogen-bond donors (Lipinski definition) is 0. The summed E-state index contributed by atoms with van der Waals surface area (Å²) in [6, 6.07) is 8.76. The molecule has 1 aliphatic rings. The standard InChI is InChI=1S/C12H11N5O3S2/c18-21-8-10(13-9-21)6-7-22(19,20)12-14-15-16-17(12)11-4-2-1-3-5-11/h1-5,8-9H,6-7H2. The topological polar surface area (TPSA) is 107 Å². The summed E-state index contributed by atoms with van der Waals surface area (Å²) in [5, 5.41) is 12.0. The number of hydrogen-bond acceptors (Lipinski definition) is 7. The Bertz CT molecular complexity index is 871. The average molecular weight is 337 g/mol. The molecule has 0 saturated carbocycles. The van der Waals surface area contributed by atoms with Crippen LogP contribution in [0.15, 0.2) is 51.6 Å². The van der Waals surface area contributed by atoms with Crippen molar-refractivity contribution in [1.82, 2.24) is 20.2 Å². The minimum Gasteiger partial charge on any atom is -0.251 e. The van der Waals surface area contributed by atoms with Gasteiger partial charge in [0, 0.05) is 11.8 Å². The molecule has 0 spiro atoms. The summed E-state index contributed by atoms with van der Waals surface area (Å²) in [7, 11) is -4.93. The maximum absolute atomic E-state index is 12.4. The van der Waals surface area contributed by atoms with Crippen LogP contribution in [0.5, 0.6) is 0 Å². The van der Waals surface area contributed by atoms with Crippen molar-refractivity contribution in [1.29, 1.82) is 0 Å². The molecule has 1 aliphatic heterocycles.